The van der Waals surface area contributed by atoms with Gasteiger partial charge in [-0.3, -0.25) is 0 Å². The van der Waals surface area contributed by atoms with Crippen LogP contribution in [0.15, 0.2) is 18.2 Å². The first-order valence-corrected chi connectivity index (χ1v) is 8.75. The van der Waals surface area contributed by atoms with E-state index in [1.807, 2.05) is 12.1 Å². The van der Waals surface area contributed by atoms with E-state index >= 15 is 0 Å². The Hall–Kier alpha value is -1.32. The average Bonchev–Trinajstić information content (AvgIpc) is 2.63. The molecule has 1 aromatic carbocycles. The van der Waals surface area contributed by atoms with Crippen molar-refractivity contribution in [2.24, 2.45) is 5.73 Å². The number of halogens is 1. The van der Waals surface area contributed by atoms with Crippen molar-refractivity contribution in [2.45, 2.75) is 57.4 Å². The number of hydrogen-bond acceptors (Lipinski definition) is 5. The highest BCUT2D eigenvalue weighted by Gasteiger charge is 2.22. The maximum atomic E-state index is 9.30. The highest BCUT2D eigenvalue weighted by molar-refractivity contribution is 5.85. The van der Waals surface area contributed by atoms with E-state index in [0.717, 1.165) is 18.4 Å². The molecule has 0 atom stereocenters. The smallest absolute Gasteiger partial charge is 0.137 e. The number of nitrogens with zero attached hydrogens (tertiary/aromatic N) is 1. The third-order valence-electron chi connectivity index (χ3n) is 4.21. The summed E-state index contributed by atoms with van der Waals surface area (Å²) in [7, 11) is 0. The molecule has 0 aliphatic heterocycles. The Morgan fingerprint density at radius 1 is 1.16 bits per heavy atom. The van der Waals surface area contributed by atoms with Gasteiger partial charge in [-0.15, -0.1) is 12.4 Å². The molecule has 0 saturated carbocycles. The fourth-order valence-electron chi connectivity index (χ4n) is 2.44. The van der Waals surface area contributed by atoms with E-state index in [4.69, 9.17) is 10.5 Å². The molecule has 5 nitrogen and oxygen atoms in total. The fraction of sp³-hybridized carbons (Fsp3) is 0.632. The molecule has 0 aromatic heterocycles. The highest BCUT2D eigenvalue weighted by Crippen LogP contribution is 2.22. The molecule has 0 heterocycles. The molecule has 1 aromatic rings. The third kappa shape index (κ3) is 8.55. The number of hydrogen-bond donors (Lipinski definition) is 3. The maximum absolute atomic E-state index is 9.30. The van der Waals surface area contributed by atoms with E-state index in [9.17, 15) is 15.5 Å². The largest absolute Gasteiger partial charge is 0.492 e. The molecule has 6 heteroatoms. The summed E-state index contributed by atoms with van der Waals surface area (Å²) < 4.78 is 5.72. The zero-order chi connectivity index (χ0) is 17.8. The summed E-state index contributed by atoms with van der Waals surface area (Å²) in [6.45, 7) is 2.27. The van der Waals surface area contributed by atoms with Gasteiger partial charge in [-0.05, 0) is 37.0 Å². The van der Waals surface area contributed by atoms with Gasteiger partial charge in [0, 0.05) is 0 Å². The summed E-state index contributed by atoms with van der Waals surface area (Å²) in [6, 6.07) is 7.68. The summed E-state index contributed by atoms with van der Waals surface area (Å²) in [5, 5.41) is 27.8. The summed E-state index contributed by atoms with van der Waals surface area (Å²) in [4.78, 5) is 0. The lowest BCUT2D eigenvalue weighted by Crippen LogP contribution is -2.47. The van der Waals surface area contributed by atoms with Crippen LogP contribution >= 0.6 is 12.4 Å². The number of rotatable bonds is 12. The number of unbranched alkanes of at least 4 members (excludes halogenated alkanes) is 4. The summed E-state index contributed by atoms with van der Waals surface area (Å²) in [5.41, 5.74) is 6.34. The normalized spacial score (nSPS) is 10.8. The molecule has 25 heavy (non-hydrogen) atoms. The van der Waals surface area contributed by atoms with Gasteiger partial charge in [0.15, 0.2) is 0 Å². The quantitative estimate of drug-likeness (QED) is 0.491. The molecule has 0 fully saturated rings. The number of ether oxygens (including phenoxy) is 1. The Morgan fingerprint density at radius 3 is 2.44 bits per heavy atom. The third-order valence-corrected chi connectivity index (χ3v) is 4.21. The number of aryl methyl sites for hydroxylation is 1. The molecule has 142 valence electrons. The standard InChI is InChI=1S/C19H30N2O3.ClH/c1-2-3-4-5-6-11-24-18-8-7-16(12-17(18)13-20)9-10-19(21,14-22)15-23;/h7-8,12,22-23H,2-6,9-11,14-15,21H2,1H3;1H. The predicted octanol–water partition coefficient (Wildman–Crippen LogP) is 2.94. The Kier molecular flexibility index (Phi) is 12.3. The van der Waals surface area contributed by atoms with E-state index in [1.54, 1.807) is 6.07 Å². The zero-order valence-electron chi connectivity index (χ0n) is 15.0. The molecule has 0 aliphatic rings. The second kappa shape index (κ2) is 13.0. The van der Waals surface area contributed by atoms with Crippen LogP contribution in [0.1, 0.15) is 56.6 Å². The van der Waals surface area contributed by atoms with Gasteiger partial charge in [0.1, 0.15) is 11.8 Å². The maximum Gasteiger partial charge on any atom is 0.137 e. The zero-order valence-corrected chi connectivity index (χ0v) is 15.9. The number of benzene rings is 1. The minimum Gasteiger partial charge on any atom is -0.492 e. The van der Waals surface area contributed by atoms with Crippen LogP contribution in [-0.4, -0.2) is 35.6 Å². The minimum absolute atomic E-state index is 0. The minimum atomic E-state index is -0.986. The molecule has 0 radical (unpaired) electrons. The average molecular weight is 371 g/mol. The molecule has 0 unspecified atom stereocenters. The van der Waals surface area contributed by atoms with E-state index in [0.29, 0.717) is 30.8 Å². The van der Waals surface area contributed by atoms with Crippen LogP contribution in [0.3, 0.4) is 0 Å². The van der Waals surface area contributed by atoms with Crippen LogP contribution in [0, 0.1) is 11.3 Å². The van der Waals surface area contributed by atoms with Crippen LogP contribution in [0.2, 0.25) is 0 Å². The van der Waals surface area contributed by atoms with Gasteiger partial charge in [0.25, 0.3) is 0 Å². The van der Waals surface area contributed by atoms with Gasteiger partial charge in [0.05, 0.1) is 30.9 Å². The van der Waals surface area contributed by atoms with Gasteiger partial charge in [-0.1, -0.05) is 38.7 Å². The van der Waals surface area contributed by atoms with Crippen molar-refractivity contribution in [3.05, 3.63) is 29.3 Å². The molecular weight excluding hydrogens is 340 g/mol. The lowest BCUT2D eigenvalue weighted by molar-refractivity contribution is 0.115. The first-order chi connectivity index (χ1) is 11.6. The summed E-state index contributed by atoms with van der Waals surface area (Å²) in [5.74, 6) is 0.611. The van der Waals surface area contributed by atoms with Gasteiger partial charge in [0.2, 0.25) is 0 Å². The summed E-state index contributed by atoms with van der Waals surface area (Å²) in [6.07, 6.45) is 6.87. The van der Waals surface area contributed by atoms with Crippen molar-refractivity contribution in [3.63, 3.8) is 0 Å². The molecular formula is C19H31ClN2O3. The number of nitrogens with two attached hydrogens (primary N) is 1. The van der Waals surface area contributed by atoms with E-state index in [-0.39, 0.29) is 25.6 Å². The summed E-state index contributed by atoms with van der Waals surface area (Å²) >= 11 is 0. The fourth-order valence-corrected chi connectivity index (χ4v) is 2.44. The van der Waals surface area contributed by atoms with Gasteiger partial charge < -0.3 is 20.7 Å². The molecule has 0 aliphatic carbocycles. The van der Waals surface area contributed by atoms with Crippen LogP contribution in [0.4, 0.5) is 0 Å². The highest BCUT2D eigenvalue weighted by atomic mass is 35.5. The molecule has 0 amide bonds. The lowest BCUT2D eigenvalue weighted by atomic mass is 9.93. The van der Waals surface area contributed by atoms with Crippen LogP contribution in [0.25, 0.3) is 0 Å². The number of aliphatic hydroxyl groups excluding tert-OH is 2. The first-order valence-electron chi connectivity index (χ1n) is 8.75. The van der Waals surface area contributed by atoms with Crippen LogP contribution in [0.5, 0.6) is 5.75 Å². The number of aliphatic hydroxyl groups is 2. The van der Waals surface area contributed by atoms with Crippen molar-refractivity contribution in [1.29, 1.82) is 5.26 Å². The van der Waals surface area contributed by atoms with Crippen molar-refractivity contribution in [2.75, 3.05) is 19.8 Å². The SMILES string of the molecule is CCCCCCCOc1ccc(CCC(N)(CO)CO)cc1C#N.Cl. The molecule has 1 rings (SSSR count). The Balaban J connectivity index is 0.00000576. The second-order valence-electron chi connectivity index (χ2n) is 6.38. The van der Waals surface area contributed by atoms with Crippen molar-refractivity contribution in [1.82, 2.24) is 0 Å². The van der Waals surface area contributed by atoms with Gasteiger partial charge in [-0.2, -0.15) is 5.26 Å². The number of nitriles is 1. The van der Waals surface area contributed by atoms with Crippen molar-refractivity contribution in [3.8, 4) is 11.8 Å². The predicted molar refractivity (Wildman–Crippen MR) is 102 cm³/mol. The van der Waals surface area contributed by atoms with E-state index in [2.05, 4.69) is 13.0 Å². The van der Waals surface area contributed by atoms with Gasteiger partial charge in [-0.25, -0.2) is 0 Å². The monoisotopic (exact) mass is 370 g/mol. The van der Waals surface area contributed by atoms with Crippen LogP contribution < -0.4 is 10.5 Å². The first kappa shape index (κ1) is 23.7. The molecule has 4 N–H and O–H groups in total. The second-order valence-corrected chi connectivity index (χ2v) is 6.38. The Bertz CT molecular complexity index is 528. The van der Waals surface area contributed by atoms with Crippen molar-refractivity contribution >= 4 is 12.4 Å². The van der Waals surface area contributed by atoms with Crippen molar-refractivity contribution < 1.29 is 14.9 Å². The van der Waals surface area contributed by atoms with Crippen LogP contribution in [-0.2, 0) is 6.42 Å². The Labute approximate surface area is 157 Å². The molecule has 0 spiro atoms. The topological polar surface area (TPSA) is 99.5 Å². The Morgan fingerprint density at radius 2 is 1.84 bits per heavy atom. The lowest BCUT2D eigenvalue weighted by Gasteiger charge is -2.24. The molecule has 0 bridgehead atoms. The van der Waals surface area contributed by atoms with Gasteiger partial charge >= 0.3 is 0 Å². The molecule has 0 saturated heterocycles. The van der Waals surface area contributed by atoms with E-state index < -0.39 is 5.54 Å². The van der Waals surface area contributed by atoms with E-state index in [1.165, 1.54) is 19.3 Å².